The molecule has 0 spiro atoms. The number of aryl methyl sites for hydroxylation is 2. The molecule has 13 heteroatoms. The Labute approximate surface area is 248 Å². The largest absolute Gasteiger partial charge is 0.492 e. The Morgan fingerprint density at radius 2 is 2.00 bits per heavy atom. The summed E-state index contributed by atoms with van der Waals surface area (Å²) in [7, 11) is 0. The van der Waals surface area contributed by atoms with Gasteiger partial charge in [0.15, 0.2) is 5.78 Å². The van der Waals surface area contributed by atoms with E-state index in [1.807, 2.05) is 0 Å². The first-order chi connectivity index (χ1) is 20.9. The second-order valence-corrected chi connectivity index (χ2v) is 10.7. The number of nitrogens with one attached hydrogen (secondary N) is 3. The number of carbonyl (C=O) groups excluding carboxylic acids is 1. The van der Waals surface area contributed by atoms with E-state index in [2.05, 4.69) is 42.6 Å². The van der Waals surface area contributed by atoms with Crippen LogP contribution in [0.25, 0.3) is 11.2 Å². The number of anilines is 2. The third kappa shape index (κ3) is 8.13. The zero-order chi connectivity index (χ0) is 30.2. The second kappa shape index (κ2) is 14.2. The maximum Gasteiger partial charge on any atom is 0.291 e. The third-order valence-electron chi connectivity index (χ3n) is 7.53. The van der Waals surface area contributed by atoms with E-state index in [0.717, 1.165) is 79.6 Å². The Hall–Kier alpha value is -4.39. The second-order valence-electron chi connectivity index (χ2n) is 10.7. The molecule has 11 nitrogen and oxygen atoms in total. The van der Waals surface area contributed by atoms with Crippen molar-refractivity contribution < 1.29 is 28.2 Å². The van der Waals surface area contributed by atoms with Crippen molar-refractivity contribution in [3.05, 3.63) is 65.9 Å². The van der Waals surface area contributed by atoms with Gasteiger partial charge in [0.05, 0.1) is 6.33 Å². The number of hydrogen-bond acceptors (Lipinski definition) is 9. The minimum Gasteiger partial charge on any atom is -0.492 e. The number of imidazole rings is 1. The molecule has 1 atom stereocenters. The summed E-state index contributed by atoms with van der Waals surface area (Å²) < 4.78 is 33.7. The molecule has 1 aromatic carbocycles. The van der Waals surface area contributed by atoms with Gasteiger partial charge in [0, 0.05) is 49.9 Å². The van der Waals surface area contributed by atoms with Crippen LogP contribution in [-0.4, -0.2) is 74.7 Å². The van der Waals surface area contributed by atoms with E-state index in [9.17, 15) is 18.8 Å². The van der Waals surface area contributed by atoms with Crippen molar-refractivity contribution in [2.75, 3.05) is 43.4 Å². The number of aromatic amines is 1. The molecule has 0 amide bonds. The van der Waals surface area contributed by atoms with Crippen molar-refractivity contribution in [1.82, 2.24) is 24.8 Å². The number of pyridine rings is 1. The molecule has 43 heavy (non-hydrogen) atoms. The molecule has 0 bridgehead atoms. The molecule has 0 fully saturated rings. The predicted octanol–water partition coefficient (Wildman–Crippen LogP) is 3.68. The zero-order valence-corrected chi connectivity index (χ0v) is 24.2. The van der Waals surface area contributed by atoms with Gasteiger partial charge in [-0.3, -0.25) is 15.0 Å². The number of Topliss-reactive ketones (excluding diaryl/α,β-unsaturated/α-hetero) is 1. The first kappa shape index (κ1) is 30.1. The quantitative estimate of drug-likeness (QED) is 0.0923. The summed E-state index contributed by atoms with van der Waals surface area (Å²) in [5.74, 6) is -0.112. The van der Waals surface area contributed by atoms with Crippen LogP contribution in [0.5, 0.6) is 5.75 Å². The molecule has 1 aliphatic heterocycles. The van der Waals surface area contributed by atoms with Gasteiger partial charge in [-0.2, -0.15) is 0 Å². The molecule has 5 rings (SSSR count). The highest BCUT2D eigenvalue weighted by Gasteiger charge is 2.25. The Kier molecular flexibility index (Phi) is 9.92. The minimum absolute atomic E-state index is 0.0981. The van der Waals surface area contributed by atoms with Gasteiger partial charge in [-0.05, 0) is 57.2 Å². The summed E-state index contributed by atoms with van der Waals surface area (Å²) in [4.78, 5) is 30.7. The van der Waals surface area contributed by atoms with Crippen LogP contribution in [0.4, 0.5) is 20.4 Å². The van der Waals surface area contributed by atoms with Gasteiger partial charge < -0.3 is 20.2 Å². The predicted molar refractivity (Wildman–Crippen MR) is 156 cm³/mol. The number of ether oxygens (including phenoxy) is 1. The van der Waals surface area contributed by atoms with Gasteiger partial charge in [0.25, 0.3) is 12.1 Å². The molecule has 3 aromatic heterocycles. The third-order valence-corrected chi connectivity index (χ3v) is 7.53. The lowest BCUT2D eigenvalue weighted by atomic mass is 10.1. The number of rotatable bonds is 15. The minimum atomic E-state index is -0.698. The van der Waals surface area contributed by atoms with E-state index in [4.69, 9.17) is 9.72 Å². The van der Waals surface area contributed by atoms with Crippen molar-refractivity contribution in [1.29, 1.82) is 0 Å². The van der Waals surface area contributed by atoms with Gasteiger partial charge in [0.1, 0.15) is 35.9 Å². The van der Waals surface area contributed by atoms with Gasteiger partial charge in [-0.25, -0.2) is 18.7 Å². The van der Waals surface area contributed by atoms with Crippen LogP contribution in [-0.2, 0) is 17.6 Å². The average molecular weight is 596 g/mol. The number of carbonyl (C=O) groups is 1. The average Bonchev–Trinajstić information content (AvgIpc) is 3.46. The van der Waals surface area contributed by atoms with Crippen LogP contribution in [0.15, 0.2) is 43.0 Å². The Balaban J connectivity index is 1.19. The summed E-state index contributed by atoms with van der Waals surface area (Å²) in [5.41, 5.74) is 3.21. The SMILES string of the molecule is CC(=O)[C@H](CCN(CCCCc1ccc2c(n1)NCCC2)CCOc1cc(F)cc(F)c1)Nc1c2nc[nH]c2nc[n+]1O. The van der Waals surface area contributed by atoms with Crippen LogP contribution in [0.1, 0.15) is 43.9 Å². The summed E-state index contributed by atoms with van der Waals surface area (Å²) >= 11 is 0. The number of nitrogens with zero attached hydrogens (tertiary/aromatic N) is 5. The number of unbranched alkanes of at least 4 members (excludes halogenated alkanes) is 1. The Morgan fingerprint density at radius 1 is 1.16 bits per heavy atom. The summed E-state index contributed by atoms with van der Waals surface area (Å²) in [5, 5.41) is 16.8. The van der Waals surface area contributed by atoms with Crippen LogP contribution in [0.3, 0.4) is 0 Å². The molecule has 1 aliphatic rings. The van der Waals surface area contributed by atoms with Crippen molar-refractivity contribution >= 4 is 28.6 Å². The maximum absolute atomic E-state index is 13.6. The highest BCUT2D eigenvalue weighted by molar-refractivity contribution is 5.87. The van der Waals surface area contributed by atoms with Crippen molar-refractivity contribution in [2.24, 2.45) is 0 Å². The number of hydrogen-bond donors (Lipinski definition) is 4. The Morgan fingerprint density at radius 3 is 2.81 bits per heavy atom. The van der Waals surface area contributed by atoms with E-state index in [1.54, 1.807) is 0 Å². The lowest BCUT2D eigenvalue weighted by Crippen LogP contribution is -2.41. The van der Waals surface area contributed by atoms with E-state index in [1.165, 1.54) is 25.1 Å². The van der Waals surface area contributed by atoms with Crippen molar-refractivity contribution in [3.8, 4) is 5.75 Å². The first-order valence-corrected chi connectivity index (χ1v) is 14.6. The lowest BCUT2D eigenvalue weighted by Gasteiger charge is -2.24. The van der Waals surface area contributed by atoms with Crippen LogP contribution in [0.2, 0.25) is 0 Å². The molecular weight excluding hydrogens is 558 g/mol. The van der Waals surface area contributed by atoms with Crippen molar-refractivity contribution in [2.45, 2.75) is 51.5 Å². The number of halogens is 2. The molecule has 0 saturated carbocycles. The maximum atomic E-state index is 13.6. The standard InChI is InChI=1S/C30H36F2N8O3/c1-20(41)26(38-30-27-29(35-18-34-27)36-19-40(30)42)9-12-39(13-14-43-25-16-22(31)15-23(32)17-25)11-3-2-6-24-8-7-21-5-4-10-33-28(21)37-24/h7-8,15-19,26,42H,2-6,9-14H2,1H3,(H2,33,34,35,37,38)/p+1/t26-/m0/s1. The fourth-order valence-electron chi connectivity index (χ4n) is 5.22. The molecule has 0 aliphatic carbocycles. The van der Waals surface area contributed by atoms with Crippen LogP contribution < -0.4 is 20.1 Å². The number of fused-ring (bicyclic) bond motifs is 2. The number of ketones is 1. The van der Waals surface area contributed by atoms with E-state index < -0.39 is 17.7 Å². The monoisotopic (exact) mass is 595 g/mol. The number of H-pyrrole nitrogens is 1. The topological polar surface area (TPSA) is 132 Å². The summed E-state index contributed by atoms with van der Waals surface area (Å²) in [6.45, 7) is 4.42. The highest BCUT2D eigenvalue weighted by Crippen LogP contribution is 2.21. The molecule has 0 saturated heterocycles. The molecule has 0 radical (unpaired) electrons. The molecule has 0 unspecified atom stereocenters. The van der Waals surface area contributed by atoms with Gasteiger partial charge in [-0.1, -0.05) is 15.8 Å². The summed E-state index contributed by atoms with van der Waals surface area (Å²) in [6.07, 6.45) is 7.96. The smallest absolute Gasteiger partial charge is 0.291 e. The molecule has 4 aromatic rings. The lowest BCUT2D eigenvalue weighted by molar-refractivity contribution is -0.894. The Bertz CT molecular complexity index is 1530. The first-order valence-electron chi connectivity index (χ1n) is 14.6. The van der Waals surface area contributed by atoms with E-state index >= 15 is 0 Å². The van der Waals surface area contributed by atoms with Gasteiger partial charge >= 0.3 is 0 Å². The van der Waals surface area contributed by atoms with Crippen LogP contribution >= 0.6 is 0 Å². The zero-order valence-electron chi connectivity index (χ0n) is 24.2. The fraction of sp³-hybridized carbons (Fsp3) is 0.433. The summed E-state index contributed by atoms with van der Waals surface area (Å²) in [6, 6.07) is 6.76. The van der Waals surface area contributed by atoms with E-state index in [-0.39, 0.29) is 24.0 Å². The highest BCUT2D eigenvalue weighted by atomic mass is 19.1. The molecule has 4 heterocycles. The fourth-order valence-corrected chi connectivity index (χ4v) is 5.22. The molecular formula is C30H37F2N8O3+. The van der Waals surface area contributed by atoms with Gasteiger partial charge in [-0.15, -0.1) is 0 Å². The molecule has 228 valence electrons. The van der Waals surface area contributed by atoms with Crippen LogP contribution in [0, 0.1) is 11.6 Å². The number of aromatic nitrogens is 5. The normalized spacial score (nSPS) is 13.5. The van der Waals surface area contributed by atoms with E-state index in [0.29, 0.717) is 30.7 Å². The van der Waals surface area contributed by atoms with Crippen molar-refractivity contribution in [3.63, 3.8) is 0 Å². The van der Waals surface area contributed by atoms with Gasteiger partial charge in [0.2, 0.25) is 11.2 Å². The number of benzene rings is 1. The molecule has 4 N–H and O–H groups in total.